The van der Waals surface area contributed by atoms with Crippen molar-refractivity contribution >= 4 is 46.4 Å². The Morgan fingerprint density at radius 3 is 2.42 bits per heavy atom. The van der Waals surface area contributed by atoms with Gasteiger partial charge in [-0.1, -0.05) is 17.3 Å². The second-order valence-corrected chi connectivity index (χ2v) is 5.92. The molecule has 0 aliphatic carbocycles. The Kier molecular flexibility index (Phi) is 6.74. The SMILES string of the molecule is COC(=O)c1ccc(/C=N\OCC(=O)Nc2ccc(I)cc2)cc1. The van der Waals surface area contributed by atoms with Gasteiger partial charge in [-0.15, -0.1) is 0 Å². The Morgan fingerprint density at radius 2 is 1.79 bits per heavy atom. The lowest BCUT2D eigenvalue weighted by Gasteiger charge is -2.04. The highest BCUT2D eigenvalue weighted by Gasteiger charge is 2.04. The Morgan fingerprint density at radius 1 is 1.12 bits per heavy atom. The normalized spacial score (nSPS) is 10.4. The molecular formula is C17H15IN2O4. The smallest absolute Gasteiger partial charge is 0.337 e. The van der Waals surface area contributed by atoms with Gasteiger partial charge in [0.25, 0.3) is 5.91 Å². The molecule has 2 rings (SSSR count). The second kappa shape index (κ2) is 9.02. The summed E-state index contributed by atoms with van der Waals surface area (Å²) in [4.78, 5) is 28.0. The number of benzene rings is 2. The van der Waals surface area contributed by atoms with E-state index in [4.69, 9.17) is 4.84 Å². The average Bonchev–Trinajstić information content (AvgIpc) is 2.60. The number of hydrogen-bond donors (Lipinski definition) is 1. The Bertz CT molecular complexity index is 727. The van der Waals surface area contributed by atoms with Gasteiger partial charge >= 0.3 is 5.97 Å². The van der Waals surface area contributed by atoms with Gasteiger partial charge < -0.3 is 14.9 Å². The molecule has 6 nitrogen and oxygen atoms in total. The molecule has 7 heteroatoms. The zero-order valence-electron chi connectivity index (χ0n) is 12.9. The number of nitrogens with one attached hydrogen (secondary N) is 1. The molecule has 0 aromatic heterocycles. The second-order valence-electron chi connectivity index (χ2n) is 4.68. The van der Waals surface area contributed by atoms with E-state index >= 15 is 0 Å². The van der Waals surface area contributed by atoms with Crippen molar-refractivity contribution in [3.05, 3.63) is 63.2 Å². The summed E-state index contributed by atoms with van der Waals surface area (Å²) in [6.45, 7) is -0.192. The van der Waals surface area contributed by atoms with E-state index in [0.29, 0.717) is 11.3 Å². The van der Waals surface area contributed by atoms with E-state index in [2.05, 4.69) is 37.8 Å². The maximum Gasteiger partial charge on any atom is 0.337 e. The lowest BCUT2D eigenvalue weighted by atomic mass is 10.1. The molecule has 0 fully saturated rings. The molecule has 0 unspecified atom stereocenters. The molecule has 0 spiro atoms. The first kappa shape index (κ1) is 17.9. The summed E-state index contributed by atoms with van der Waals surface area (Å²) in [5.74, 6) is -0.698. The first-order chi connectivity index (χ1) is 11.6. The van der Waals surface area contributed by atoms with E-state index in [-0.39, 0.29) is 12.5 Å². The highest BCUT2D eigenvalue weighted by atomic mass is 127. The third-order valence-corrected chi connectivity index (χ3v) is 3.65. The van der Waals surface area contributed by atoms with Gasteiger partial charge in [0.15, 0.2) is 6.61 Å². The molecule has 0 atom stereocenters. The fourth-order valence-electron chi connectivity index (χ4n) is 1.75. The van der Waals surface area contributed by atoms with Crippen LogP contribution in [0.3, 0.4) is 0 Å². The molecule has 124 valence electrons. The number of carbonyl (C=O) groups excluding carboxylic acids is 2. The van der Waals surface area contributed by atoms with Crippen molar-refractivity contribution in [3.63, 3.8) is 0 Å². The van der Waals surface area contributed by atoms with Crippen LogP contribution in [0.15, 0.2) is 53.7 Å². The van der Waals surface area contributed by atoms with Crippen LogP contribution in [0.1, 0.15) is 15.9 Å². The van der Waals surface area contributed by atoms with Crippen LogP contribution < -0.4 is 5.32 Å². The quantitative estimate of drug-likeness (QED) is 0.326. The summed E-state index contributed by atoms with van der Waals surface area (Å²) in [6.07, 6.45) is 1.46. The van der Waals surface area contributed by atoms with Gasteiger partial charge in [-0.05, 0) is 64.6 Å². The highest BCUT2D eigenvalue weighted by Crippen LogP contribution is 2.10. The van der Waals surface area contributed by atoms with Crippen LogP contribution in [-0.4, -0.2) is 31.8 Å². The third-order valence-electron chi connectivity index (χ3n) is 2.93. The van der Waals surface area contributed by atoms with Gasteiger partial charge in [0.05, 0.1) is 18.9 Å². The van der Waals surface area contributed by atoms with E-state index in [0.717, 1.165) is 9.13 Å². The zero-order chi connectivity index (χ0) is 17.4. The monoisotopic (exact) mass is 438 g/mol. The summed E-state index contributed by atoms with van der Waals surface area (Å²) >= 11 is 2.19. The van der Waals surface area contributed by atoms with Crippen LogP contribution in [0.5, 0.6) is 0 Å². The van der Waals surface area contributed by atoms with E-state index < -0.39 is 5.97 Å². The maximum absolute atomic E-state index is 11.7. The van der Waals surface area contributed by atoms with Crippen molar-refractivity contribution in [1.29, 1.82) is 0 Å². The largest absolute Gasteiger partial charge is 0.465 e. The number of anilines is 1. The number of methoxy groups -OCH3 is 1. The molecule has 1 amide bonds. The van der Waals surface area contributed by atoms with Gasteiger partial charge in [0.2, 0.25) is 0 Å². The van der Waals surface area contributed by atoms with Gasteiger partial charge in [-0.25, -0.2) is 4.79 Å². The molecule has 0 heterocycles. The molecular weight excluding hydrogens is 423 g/mol. The third kappa shape index (κ3) is 5.65. The fraction of sp³-hybridized carbons (Fsp3) is 0.118. The molecule has 2 aromatic carbocycles. The number of ether oxygens (including phenoxy) is 1. The Labute approximate surface area is 153 Å². The molecule has 0 radical (unpaired) electrons. The van der Waals surface area contributed by atoms with E-state index in [9.17, 15) is 9.59 Å². The van der Waals surface area contributed by atoms with Crippen LogP contribution in [0.25, 0.3) is 0 Å². The van der Waals surface area contributed by atoms with Crippen molar-refractivity contribution in [2.24, 2.45) is 5.16 Å². The van der Waals surface area contributed by atoms with Gasteiger partial charge in [0.1, 0.15) is 0 Å². The lowest BCUT2D eigenvalue weighted by Crippen LogP contribution is -2.16. The minimum atomic E-state index is -0.401. The molecule has 0 saturated heterocycles. The average molecular weight is 438 g/mol. The Hall–Kier alpha value is -2.42. The maximum atomic E-state index is 11.7. The predicted molar refractivity (Wildman–Crippen MR) is 99.1 cm³/mol. The first-order valence-electron chi connectivity index (χ1n) is 6.97. The van der Waals surface area contributed by atoms with E-state index in [1.807, 2.05) is 24.3 Å². The van der Waals surface area contributed by atoms with E-state index in [1.165, 1.54) is 13.3 Å². The van der Waals surface area contributed by atoms with E-state index in [1.54, 1.807) is 24.3 Å². The molecule has 0 aliphatic heterocycles. The van der Waals surface area contributed by atoms with Crippen LogP contribution in [0, 0.1) is 3.57 Å². The van der Waals surface area contributed by atoms with Crippen molar-refractivity contribution in [1.82, 2.24) is 0 Å². The van der Waals surface area contributed by atoms with Crippen LogP contribution in [-0.2, 0) is 14.4 Å². The van der Waals surface area contributed by atoms with Crippen LogP contribution in [0.2, 0.25) is 0 Å². The first-order valence-corrected chi connectivity index (χ1v) is 8.05. The molecule has 0 aliphatic rings. The minimum absolute atomic E-state index is 0.192. The number of amides is 1. The fourth-order valence-corrected chi connectivity index (χ4v) is 2.11. The van der Waals surface area contributed by atoms with Crippen molar-refractivity contribution in [2.75, 3.05) is 19.0 Å². The summed E-state index contributed by atoms with van der Waals surface area (Å²) in [7, 11) is 1.33. The number of hydrogen-bond acceptors (Lipinski definition) is 5. The zero-order valence-corrected chi connectivity index (χ0v) is 15.0. The molecule has 24 heavy (non-hydrogen) atoms. The topological polar surface area (TPSA) is 77.0 Å². The highest BCUT2D eigenvalue weighted by molar-refractivity contribution is 14.1. The van der Waals surface area contributed by atoms with Gasteiger partial charge in [-0.2, -0.15) is 0 Å². The predicted octanol–water partition coefficient (Wildman–Crippen LogP) is 3.07. The number of halogens is 1. The number of rotatable bonds is 6. The van der Waals surface area contributed by atoms with Crippen LogP contribution in [0.4, 0.5) is 5.69 Å². The summed E-state index contributed by atoms with van der Waals surface area (Å²) in [6, 6.07) is 14.1. The van der Waals surface area contributed by atoms with Gasteiger partial charge in [-0.3, -0.25) is 4.79 Å². The van der Waals surface area contributed by atoms with Crippen molar-refractivity contribution in [3.8, 4) is 0 Å². The summed E-state index contributed by atoms with van der Waals surface area (Å²) in [5.41, 5.74) is 1.89. The standard InChI is InChI=1S/C17H15IN2O4/c1-23-17(22)13-4-2-12(3-5-13)10-19-24-11-16(21)20-15-8-6-14(18)7-9-15/h2-10H,11H2,1H3,(H,20,21)/b19-10-. The van der Waals surface area contributed by atoms with Crippen LogP contribution >= 0.6 is 22.6 Å². The summed E-state index contributed by atoms with van der Waals surface area (Å²) in [5, 5.41) is 6.43. The molecule has 0 saturated carbocycles. The molecule has 0 bridgehead atoms. The molecule has 2 aromatic rings. The number of oxime groups is 1. The van der Waals surface area contributed by atoms with Crippen molar-refractivity contribution < 1.29 is 19.2 Å². The summed E-state index contributed by atoms with van der Waals surface area (Å²) < 4.78 is 5.70. The van der Waals surface area contributed by atoms with Gasteiger partial charge in [0, 0.05) is 9.26 Å². The Balaban J connectivity index is 1.78. The minimum Gasteiger partial charge on any atom is -0.465 e. The number of nitrogens with zero attached hydrogens (tertiary/aromatic N) is 1. The number of esters is 1. The molecule has 1 N–H and O–H groups in total. The van der Waals surface area contributed by atoms with Crippen molar-refractivity contribution in [2.45, 2.75) is 0 Å². The lowest BCUT2D eigenvalue weighted by molar-refractivity contribution is -0.120. The number of carbonyl (C=O) groups is 2.